The number of hydrogen-bond acceptors (Lipinski definition) is 2. The molecule has 13 heavy (non-hydrogen) atoms. The zero-order chi connectivity index (χ0) is 9.68. The molecule has 1 aromatic heterocycles. The van der Waals surface area contributed by atoms with Crippen LogP contribution in [0.15, 0.2) is 11.4 Å². The summed E-state index contributed by atoms with van der Waals surface area (Å²) in [5.74, 6) is 0.711. The highest BCUT2D eigenvalue weighted by atomic mass is 35.5. The van der Waals surface area contributed by atoms with Crippen LogP contribution in [0.25, 0.3) is 0 Å². The van der Waals surface area contributed by atoms with Crippen molar-refractivity contribution in [3.8, 4) is 0 Å². The normalized spacial score (nSPS) is 13.2. The molecule has 0 bridgehead atoms. The Morgan fingerprint density at radius 1 is 1.54 bits per heavy atom. The zero-order valence-corrected chi connectivity index (χ0v) is 9.50. The molecule has 0 aromatic carbocycles. The lowest BCUT2D eigenvalue weighted by Crippen LogP contribution is -2.06. The highest BCUT2D eigenvalue weighted by molar-refractivity contribution is 7.10. The number of halogens is 1. The maximum absolute atomic E-state index is 5.99. The van der Waals surface area contributed by atoms with Gasteiger partial charge in [-0.1, -0.05) is 18.5 Å². The first-order valence-corrected chi connectivity index (χ1v) is 5.91. The second-order valence-corrected chi connectivity index (χ2v) is 4.82. The molecule has 0 spiro atoms. The van der Waals surface area contributed by atoms with E-state index < -0.39 is 0 Å². The molecule has 0 aliphatic carbocycles. The lowest BCUT2D eigenvalue weighted by atomic mass is 10.0. The topological polar surface area (TPSA) is 26.0 Å². The Hall–Kier alpha value is -0.0500. The largest absolute Gasteiger partial charge is 0.330 e. The third-order valence-corrected chi connectivity index (χ3v) is 3.66. The van der Waals surface area contributed by atoms with Gasteiger partial charge >= 0.3 is 0 Å². The molecular formula is C10H16ClNS. The van der Waals surface area contributed by atoms with Crippen LogP contribution in [-0.4, -0.2) is 6.54 Å². The van der Waals surface area contributed by atoms with Gasteiger partial charge in [0.2, 0.25) is 0 Å². The molecule has 0 amide bonds. The van der Waals surface area contributed by atoms with E-state index in [0.29, 0.717) is 5.92 Å². The van der Waals surface area contributed by atoms with Gasteiger partial charge < -0.3 is 5.73 Å². The highest BCUT2D eigenvalue weighted by Gasteiger charge is 2.05. The van der Waals surface area contributed by atoms with Crippen LogP contribution >= 0.6 is 22.9 Å². The van der Waals surface area contributed by atoms with Gasteiger partial charge in [0, 0.05) is 4.88 Å². The molecule has 0 fully saturated rings. The van der Waals surface area contributed by atoms with E-state index in [0.717, 1.165) is 24.4 Å². The van der Waals surface area contributed by atoms with Gasteiger partial charge in [-0.25, -0.2) is 0 Å². The van der Waals surface area contributed by atoms with E-state index in [-0.39, 0.29) is 0 Å². The van der Waals surface area contributed by atoms with Crippen molar-refractivity contribution in [3.63, 3.8) is 0 Å². The number of nitrogens with two attached hydrogens (primary N) is 1. The quantitative estimate of drug-likeness (QED) is 0.805. The lowest BCUT2D eigenvalue weighted by Gasteiger charge is -2.08. The van der Waals surface area contributed by atoms with E-state index in [1.165, 1.54) is 11.3 Å². The molecule has 74 valence electrons. The van der Waals surface area contributed by atoms with Crippen LogP contribution in [0.5, 0.6) is 0 Å². The van der Waals surface area contributed by atoms with Gasteiger partial charge in [-0.15, -0.1) is 11.3 Å². The van der Waals surface area contributed by atoms with Crippen molar-refractivity contribution in [2.24, 2.45) is 11.7 Å². The summed E-state index contributed by atoms with van der Waals surface area (Å²) in [6, 6.07) is 1.97. The van der Waals surface area contributed by atoms with E-state index in [4.69, 9.17) is 17.3 Å². The van der Waals surface area contributed by atoms with Crippen molar-refractivity contribution in [1.29, 1.82) is 0 Å². The minimum atomic E-state index is 0.711. The van der Waals surface area contributed by atoms with Gasteiger partial charge in [-0.3, -0.25) is 0 Å². The van der Waals surface area contributed by atoms with Crippen LogP contribution in [-0.2, 0) is 6.42 Å². The van der Waals surface area contributed by atoms with Crippen LogP contribution in [0, 0.1) is 5.92 Å². The Bertz CT molecular complexity index is 247. The van der Waals surface area contributed by atoms with Crippen LogP contribution in [0.3, 0.4) is 0 Å². The summed E-state index contributed by atoms with van der Waals surface area (Å²) < 4.78 is 0. The Morgan fingerprint density at radius 3 is 2.85 bits per heavy atom. The van der Waals surface area contributed by atoms with Crippen LogP contribution < -0.4 is 5.73 Å². The number of thiophene rings is 1. The highest BCUT2D eigenvalue weighted by Crippen LogP contribution is 2.24. The minimum Gasteiger partial charge on any atom is -0.330 e. The van der Waals surface area contributed by atoms with Gasteiger partial charge in [0.05, 0.1) is 5.02 Å². The number of hydrogen-bond donors (Lipinski definition) is 1. The SMILES string of the molecule is CC(CCN)CCc1sccc1Cl. The molecule has 0 radical (unpaired) electrons. The first-order valence-electron chi connectivity index (χ1n) is 4.66. The van der Waals surface area contributed by atoms with Crippen molar-refractivity contribution in [3.05, 3.63) is 21.3 Å². The molecule has 0 aliphatic heterocycles. The maximum atomic E-state index is 5.99. The monoisotopic (exact) mass is 217 g/mol. The Morgan fingerprint density at radius 2 is 2.31 bits per heavy atom. The van der Waals surface area contributed by atoms with Gasteiger partial charge in [-0.05, 0) is 43.2 Å². The summed E-state index contributed by atoms with van der Waals surface area (Å²) in [5, 5.41) is 2.97. The molecule has 1 heterocycles. The van der Waals surface area contributed by atoms with E-state index in [1.807, 2.05) is 11.4 Å². The van der Waals surface area contributed by atoms with Crippen molar-refractivity contribution in [1.82, 2.24) is 0 Å². The fourth-order valence-electron chi connectivity index (χ4n) is 1.31. The maximum Gasteiger partial charge on any atom is 0.0544 e. The summed E-state index contributed by atoms with van der Waals surface area (Å²) >= 11 is 7.73. The van der Waals surface area contributed by atoms with E-state index in [2.05, 4.69) is 6.92 Å². The molecule has 0 saturated carbocycles. The third kappa shape index (κ3) is 3.67. The summed E-state index contributed by atoms with van der Waals surface area (Å²) in [5.41, 5.74) is 5.48. The van der Waals surface area contributed by atoms with Crippen LogP contribution in [0.2, 0.25) is 5.02 Å². The predicted molar refractivity (Wildman–Crippen MR) is 60.5 cm³/mol. The standard InChI is InChI=1S/C10H16ClNS/c1-8(4-6-12)2-3-10-9(11)5-7-13-10/h5,7-8H,2-4,6,12H2,1H3. The van der Waals surface area contributed by atoms with Crippen molar-refractivity contribution in [2.75, 3.05) is 6.54 Å². The van der Waals surface area contributed by atoms with Crippen molar-refractivity contribution >= 4 is 22.9 Å². The molecule has 1 aromatic rings. The fraction of sp³-hybridized carbons (Fsp3) is 0.600. The molecule has 1 unspecified atom stereocenters. The molecule has 2 N–H and O–H groups in total. The van der Waals surface area contributed by atoms with E-state index in [1.54, 1.807) is 11.3 Å². The average Bonchev–Trinajstić information content (AvgIpc) is 2.48. The van der Waals surface area contributed by atoms with Crippen molar-refractivity contribution in [2.45, 2.75) is 26.2 Å². The Labute approximate surface area is 88.9 Å². The molecule has 0 saturated heterocycles. The Kier molecular flexibility index (Phi) is 4.78. The molecule has 1 nitrogen and oxygen atoms in total. The predicted octanol–water partition coefficient (Wildman–Crippen LogP) is 3.32. The molecule has 3 heteroatoms. The van der Waals surface area contributed by atoms with Crippen molar-refractivity contribution < 1.29 is 0 Å². The summed E-state index contributed by atoms with van der Waals surface area (Å²) in [4.78, 5) is 1.31. The van der Waals surface area contributed by atoms with Crippen LogP contribution in [0.4, 0.5) is 0 Å². The third-order valence-electron chi connectivity index (χ3n) is 2.21. The first kappa shape index (κ1) is 11.0. The van der Waals surface area contributed by atoms with Gasteiger partial charge in [0.1, 0.15) is 0 Å². The van der Waals surface area contributed by atoms with E-state index in [9.17, 15) is 0 Å². The summed E-state index contributed by atoms with van der Waals surface area (Å²) in [7, 11) is 0. The fourth-order valence-corrected chi connectivity index (χ4v) is 2.46. The average molecular weight is 218 g/mol. The summed E-state index contributed by atoms with van der Waals surface area (Å²) in [6.45, 7) is 3.04. The zero-order valence-electron chi connectivity index (χ0n) is 7.92. The second-order valence-electron chi connectivity index (χ2n) is 3.41. The minimum absolute atomic E-state index is 0.711. The lowest BCUT2D eigenvalue weighted by molar-refractivity contribution is 0.501. The second kappa shape index (κ2) is 5.63. The molecule has 0 aliphatic rings. The van der Waals surface area contributed by atoms with Gasteiger partial charge in [0.15, 0.2) is 0 Å². The van der Waals surface area contributed by atoms with Crippen LogP contribution in [0.1, 0.15) is 24.6 Å². The number of aryl methyl sites for hydroxylation is 1. The molecule has 1 rings (SSSR count). The summed E-state index contributed by atoms with van der Waals surface area (Å²) in [6.07, 6.45) is 3.40. The smallest absolute Gasteiger partial charge is 0.0544 e. The van der Waals surface area contributed by atoms with Gasteiger partial charge in [0.25, 0.3) is 0 Å². The first-order chi connectivity index (χ1) is 6.24. The molecular weight excluding hydrogens is 202 g/mol. The number of rotatable bonds is 5. The molecule has 1 atom stereocenters. The van der Waals surface area contributed by atoms with Gasteiger partial charge in [-0.2, -0.15) is 0 Å². The Balaban J connectivity index is 2.30. The van der Waals surface area contributed by atoms with E-state index >= 15 is 0 Å².